The van der Waals surface area contributed by atoms with E-state index < -0.39 is 17.9 Å². The summed E-state index contributed by atoms with van der Waals surface area (Å²) in [7, 11) is 3.70. The van der Waals surface area contributed by atoms with Crippen LogP contribution in [0.25, 0.3) is 0 Å². The van der Waals surface area contributed by atoms with E-state index in [1.54, 1.807) is 18.2 Å². The first-order chi connectivity index (χ1) is 8.32. The second kappa shape index (κ2) is 5.73. The summed E-state index contributed by atoms with van der Waals surface area (Å²) in [5, 5.41) is 18.0. The third-order valence-electron chi connectivity index (χ3n) is 2.57. The Bertz CT molecular complexity index is 459. The van der Waals surface area contributed by atoms with Crippen molar-refractivity contribution in [2.24, 2.45) is 5.92 Å². The van der Waals surface area contributed by atoms with Crippen LogP contribution >= 0.6 is 11.6 Å². The molecule has 0 fully saturated rings. The molecule has 1 aromatic rings. The molecule has 2 N–H and O–H groups in total. The first-order valence-electron chi connectivity index (χ1n) is 5.24. The number of aliphatic carboxylic acids is 2. The first-order valence-corrected chi connectivity index (χ1v) is 5.62. The molecule has 5 nitrogen and oxygen atoms in total. The summed E-state index contributed by atoms with van der Waals surface area (Å²) in [5.74, 6) is -4.21. The fraction of sp³-hybridized carbons (Fsp3) is 0.333. The molecule has 0 saturated carbocycles. The number of nitrogens with zero attached hydrogens (tertiary/aromatic N) is 1. The van der Waals surface area contributed by atoms with Crippen LogP contribution in [0.2, 0.25) is 5.02 Å². The highest BCUT2D eigenvalue weighted by Gasteiger charge is 2.26. The van der Waals surface area contributed by atoms with Gasteiger partial charge in [-0.2, -0.15) is 0 Å². The highest BCUT2D eigenvalue weighted by molar-refractivity contribution is 6.31. The largest absolute Gasteiger partial charge is 0.481 e. The molecule has 0 bridgehead atoms. The highest BCUT2D eigenvalue weighted by atomic mass is 35.5. The van der Waals surface area contributed by atoms with Crippen molar-refractivity contribution in [2.45, 2.75) is 6.42 Å². The first kappa shape index (κ1) is 14.3. The molecule has 0 aromatic heterocycles. The Labute approximate surface area is 110 Å². The van der Waals surface area contributed by atoms with Gasteiger partial charge in [0, 0.05) is 24.8 Å². The van der Waals surface area contributed by atoms with Crippen molar-refractivity contribution in [3.05, 3.63) is 28.8 Å². The van der Waals surface area contributed by atoms with Gasteiger partial charge in [0.05, 0.1) is 0 Å². The average molecular weight is 272 g/mol. The van der Waals surface area contributed by atoms with Crippen LogP contribution in [0.3, 0.4) is 0 Å². The molecule has 0 aliphatic carbocycles. The molecule has 0 radical (unpaired) electrons. The average Bonchev–Trinajstić information content (AvgIpc) is 2.25. The van der Waals surface area contributed by atoms with E-state index in [1.807, 2.05) is 19.0 Å². The van der Waals surface area contributed by atoms with E-state index in [-0.39, 0.29) is 6.42 Å². The summed E-state index contributed by atoms with van der Waals surface area (Å²) in [6, 6.07) is 5.09. The number of carboxylic acid groups (broad SMARTS) is 2. The van der Waals surface area contributed by atoms with Gasteiger partial charge in [-0.05, 0) is 24.1 Å². The number of hydrogen-bond acceptors (Lipinski definition) is 3. The topological polar surface area (TPSA) is 77.8 Å². The Morgan fingerprint density at radius 2 is 1.83 bits per heavy atom. The molecule has 0 aliphatic rings. The van der Waals surface area contributed by atoms with Gasteiger partial charge < -0.3 is 15.1 Å². The van der Waals surface area contributed by atoms with Crippen molar-refractivity contribution in [1.82, 2.24) is 0 Å². The summed E-state index contributed by atoms with van der Waals surface area (Å²) < 4.78 is 0. The summed E-state index contributed by atoms with van der Waals surface area (Å²) in [5.41, 5.74) is 1.38. The summed E-state index contributed by atoms with van der Waals surface area (Å²) in [6.07, 6.45) is -0.128. The van der Waals surface area contributed by atoms with Gasteiger partial charge in [-0.25, -0.2) is 0 Å². The van der Waals surface area contributed by atoms with Crippen LogP contribution in [0.4, 0.5) is 5.69 Å². The number of carboxylic acids is 2. The van der Waals surface area contributed by atoms with E-state index in [2.05, 4.69) is 0 Å². The van der Waals surface area contributed by atoms with Crippen LogP contribution in [0.5, 0.6) is 0 Å². The lowest BCUT2D eigenvalue weighted by Crippen LogP contribution is -2.25. The Kier molecular flexibility index (Phi) is 4.55. The number of hydrogen-bond donors (Lipinski definition) is 2. The monoisotopic (exact) mass is 271 g/mol. The summed E-state index contributed by atoms with van der Waals surface area (Å²) >= 11 is 6.01. The van der Waals surface area contributed by atoms with Crippen LogP contribution in [-0.4, -0.2) is 36.2 Å². The lowest BCUT2D eigenvalue weighted by molar-refractivity contribution is -0.154. The van der Waals surface area contributed by atoms with Crippen molar-refractivity contribution < 1.29 is 19.8 Å². The maximum atomic E-state index is 10.8. The van der Waals surface area contributed by atoms with Crippen molar-refractivity contribution >= 4 is 29.2 Å². The minimum Gasteiger partial charge on any atom is -0.481 e. The van der Waals surface area contributed by atoms with Crippen LogP contribution in [0, 0.1) is 5.92 Å². The molecular weight excluding hydrogens is 258 g/mol. The van der Waals surface area contributed by atoms with E-state index in [4.69, 9.17) is 21.8 Å². The second-order valence-corrected chi connectivity index (χ2v) is 4.51. The number of rotatable bonds is 5. The third-order valence-corrected chi connectivity index (χ3v) is 2.93. The Balaban J connectivity index is 2.97. The normalized spacial score (nSPS) is 10.4. The van der Waals surface area contributed by atoms with E-state index in [9.17, 15) is 9.59 Å². The van der Waals surface area contributed by atoms with E-state index in [0.29, 0.717) is 10.6 Å². The molecule has 6 heteroatoms. The molecule has 0 spiro atoms. The molecule has 0 atom stereocenters. The molecule has 0 unspecified atom stereocenters. The van der Waals surface area contributed by atoms with Gasteiger partial charge in [-0.1, -0.05) is 17.7 Å². The molecule has 18 heavy (non-hydrogen) atoms. The lowest BCUT2D eigenvalue weighted by Gasteiger charge is -2.15. The predicted molar refractivity (Wildman–Crippen MR) is 68.2 cm³/mol. The number of halogens is 1. The molecule has 0 heterocycles. The highest BCUT2D eigenvalue weighted by Crippen LogP contribution is 2.25. The minimum atomic E-state index is -1.48. The number of benzene rings is 1. The smallest absolute Gasteiger partial charge is 0.318 e. The quantitative estimate of drug-likeness (QED) is 0.798. The van der Waals surface area contributed by atoms with Gasteiger partial charge in [0.1, 0.15) is 0 Å². The fourth-order valence-corrected chi connectivity index (χ4v) is 1.73. The van der Waals surface area contributed by atoms with Gasteiger partial charge in [0.25, 0.3) is 0 Å². The molecular formula is C12H14ClNO4. The lowest BCUT2D eigenvalue weighted by atomic mass is 9.99. The molecule has 98 valence electrons. The molecule has 1 rings (SSSR count). The Morgan fingerprint density at radius 1 is 1.28 bits per heavy atom. The molecule has 1 aromatic carbocycles. The van der Waals surface area contributed by atoms with Crippen LogP contribution in [0.1, 0.15) is 5.56 Å². The van der Waals surface area contributed by atoms with E-state index in [1.165, 1.54) is 0 Å². The standard InChI is InChI=1S/C12H14ClNO4/c1-14(2)8-4-3-7(10(13)6-8)5-9(11(15)16)12(17)18/h3-4,6,9H,5H2,1-2H3,(H,15,16)(H,17,18). The fourth-order valence-electron chi connectivity index (χ4n) is 1.48. The number of anilines is 1. The zero-order valence-electron chi connectivity index (χ0n) is 10.1. The predicted octanol–water partition coefficient (Wildman–Crippen LogP) is 1.73. The van der Waals surface area contributed by atoms with Gasteiger partial charge in [0.2, 0.25) is 0 Å². The zero-order valence-corrected chi connectivity index (χ0v) is 10.8. The number of carbonyl (C=O) groups is 2. The minimum absolute atomic E-state index is 0.128. The third kappa shape index (κ3) is 3.37. The van der Waals surface area contributed by atoms with Crippen molar-refractivity contribution in [3.63, 3.8) is 0 Å². The van der Waals surface area contributed by atoms with Crippen LogP contribution < -0.4 is 4.90 Å². The summed E-state index contributed by atoms with van der Waals surface area (Å²) in [6.45, 7) is 0. The van der Waals surface area contributed by atoms with Gasteiger partial charge in [0.15, 0.2) is 5.92 Å². The van der Waals surface area contributed by atoms with Crippen molar-refractivity contribution in [1.29, 1.82) is 0 Å². The van der Waals surface area contributed by atoms with E-state index in [0.717, 1.165) is 5.69 Å². The Hall–Kier alpha value is -1.75. The second-order valence-electron chi connectivity index (χ2n) is 4.10. The zero-order chi connectivity index (χ0) is 13.9. The maximum absolute atomic E-state index is 10.8. The summed E-state index contributed by atoms with van der Waals surface area (Å²) in [4.78, 5) is 23.4. The maximum Gasteiger partial charge on any atom is 0.318 e. The molecule has 0 amide bonds. The van der Waals surface area contributed by atoms with Crippen LogP contribution in [-0.2, 0) is 16.0 Å². The van der Waals surface area contributed by atoms with Crippen LogP contribution in [0.15, 0.2) is 18.2 Å². The Morgan fingerprint density at radius 3 is 2.22 bits per heavy atom. The molecule has 0 saturated heterocycles. The molecule has 0 aliphatic heterocycles. The van der Waals surface area contributed by atoms with Gasteiger partial charge >= 0.3 is 11.9 Å². The van der Waals surface area contributed by atoms with Gasteiger partial charge in [-0.3, -0.25) is 9.59 Å². The SMILES string of the molecule is CN(C)c1ccc(CC(C(=O)O)C(=O)O)c(Cl)c1. The van der Waals surface area contributed by atoms with Crippen molar-refractivity contribution in [3.8, 4) is 0 Å². The van der Waals surface area contributed by atoms with Gasteiger partial charge in [-0.15, -0.1) is 0 Å². The van der Waals surface area contributed by atoms with E-state index >= 15 is 0 Å². The van der Waals surface area contributed by atoms with Crippen molar-refractivity contribution in [2.75, 3.05) is 19.0 Å².